The Hall–Kier alpha value is -1.39. The highest BCUT2D eigenvalue weighted by Gasteiger charge is 2.45. The van der Waals surface area contributed by atoms with Gasteiger partial charge in [0.2, 0.25) is 0 Å². The van der Waals surface area contributed by atoms with Crippen LogP contribution >= 0.6 is 11.5 Å². The van der Waals surface area contributed by atoms with Crippen molar-refractivity contribution in [2.45, 2.75) is 24.4 Å². The van der Waals surface area contributed by atoms with E-state index in [1.165, 1.54) is 6.33 Å². The predicted molar refractivity (Wildman–Crippen MR) is 66.3 cm³/mol. The molecule has 1 aliphatic rings. The first-order valence-electron chi connectivity index (χ1n) is 5.61. The minimum absolute atomic E-state index is 0.306. The number of anilines is 1. The first-order valence-corrected chi connectivity index (χ1v) is 6.39. The van der Waals surface area contributed by atoms with Crippen molar-refractivity contribution in [2.75, 3.05) is 12.3 Å². The minimum Gasteiger partial charge on any atom is -0.394 e. The Balaban J connectivity index is 2.04. The van der Waals surface area contributed by atoms with Gasteiger partial charge in [0.25, 0.3) is 0 Å². The second-order valence-electron chi connectivity index (χ2n) is 4.26. The van der Waals surface area contributed by atoms with Gasteiger partial charge >= 0.3 is 0 Å². The molecule has 0 saturated carbocycles. The van der Waals surface area contributed by atoms with Gasteiger partial charge in [-0.25, -0.2) is 9.97 Å². The van der Waals surface area contributed by atoms with E-state index in [0.29, 0.717) is 21.7 Å². The number of fused-ring (bicyclic) bond motifs is 1. The molecule has 1 fully saturated rings. The molecular weight excluding hydrogens is 272 g/mol. The van der Waals surface area contributed by atoms with Crippen LogP contribution in [0.1, 0.15) is 11.8 Å². The molecule has 4 atom stereocenters. The van der Waals surface area contributed by atoms with E-state index in [-0.39, 0.29) is 6.61 Å². The summed E-state index contributed by atoms with van der Waals surface area (Å²) in [5.74, 6) is 0.306. The Morgan fingerprint density at radius 2 is 2.11 bits per heavy atom. The van der Waals surface area contributed by atoms with Gasteiger partial charge in [-0.05, 0) is 11.5 Å². The lowest BCUT2D eigenvalue weighted by Crippen LogP contribution is -2.32. The van der Waals surface area contributed by atoms with E-state index in [0.717, 1.165) is 11.5 Å². The van der Waals surface area contributed by atoms with Crippen LogP contribution in [0.3, 0.4) is 0 Å². The molecule has 0 aromatic carbocycles. The molecule has 2 aromatic heterocycles. The number of nitrogens with two attached hydrogens (primary N) is 1. The highest BCUT2D eigenvalue weighted by Crippen LogP contribution is 2.37. The number of aliphatic hydroxyl groups excluding tert-OH is 3. The van der Waals surface area contributed by atoms with E-state index in [1.54, 1.807) is 0 Å². The molecule has 8 nitrogen and oxygen atoms in total. The maximum absolute atomic E-state index is 9.96. The fourth-order valence-electron chi connectivity index (χ4n) is 2.11. The van der Waals surface area contributed by atoms with Gasteiger partial charge in [-0.3, -0.25) is 0 Å². The highest BCUT2D eigenvalue weighted by molar-refractivity contribution is 7.14. The van der Waals surface area contributed by atoms with E-state index in [2.05, 4.69) is 14.3 Å². The number of hydrogen-bond donors (Lipinski definition) is 4. The summed E-state index contributed by atoms with van der Waals surface area (Å²) in [6, 6.07) is 0. The first-order chi connectivity index (χ1) is 9.13. The van der Waals surface area contributed by atoms with Gasteiger partial charge in [-0.2, -0.15) is 4.37 Å². The van der Waals surface area contributed by atoms with Crippen molar-refractivity contribution in [3.8, 4) is 0 Å². The molecule has 19 heavy (non-hydrogen) atoms. The molecule has 0 unspecified atom stereocenters. The zero-order valence-corrected chi connectivity index (χ0v) is 10.5. The molecule has 0 aliphatic carbocycles. The average molecular weight is 284 g/mol. The van der Waals surface area contributed by atoms with Crippen molar-refractivity contribution in [1.29, 1.82) is 0 Å². The van der Waals surface area contributed by atoms with Crippen LogP contribution in [0.15, 0.2) is 6.33 Å². The third-order valence-electron chi connectivity index (χ3n) is 3.12. The number of ether oxygens (including phenoxy) is 1. The van der Waals surface area contributed by atoms with E-state index >= 15 is 0 Å². The van der Waals surface area contributed by atoms with Crippen LogP contribution < -0.4 is 5.73 Å². The van der Waals surface area contributed by atoms with E-state index in [1.807, 2.05) is 0 Å². The topological polar surface area (TPSA) is 135 Å². The molecule has 3 rings (SSSR count). The van der Waals surface area contributed by atoms with Crippen LogP contribution in [0.4, 0.5) is 5.82 Å². The summed E-state index contributed by atoms with van der Waals surface area (Å²) in [6.45, 7) is -0.381. The lowest BCUT2D eigenvalue weighted by Gasteiger charge is -2.12. The van der Waals surface area contributed by atoms with Gasteiger partial charge in [0.15, 0.2) is 0 Å². The third kappa shape index (κ3) is 1.86. The van der Waals surface area contributed by atoms with Crippen molar-refractivity contribution in [3.63, 3.8) is 0 Å². The van der Waals surface area contributed by atoms with Crippen molar-refractivity contribution < 1.29 is 20.1 Å². The normalized spacial score (nSPS) is 31.1. The molecule has 0 bridgehead atoms. The maximum atomic E-state index is 9.96. The molecule has 0 radical (unpaired) electrons. The molecule has 2 aromatic rings. The Morgan fingerprint density at radius 3 is 2.79 bits per heavy atom. The second kappa shape index (κ2) is 4.62. The smallest absolute Gasteiger partial charge is 0.146 e. The standard InChI is InChI=1S/C10H12N4O4S/c11-10-9-5(12-2-13-10)4(14-19-9)8-7(17)6(16)3(1-15)18-8/h2-3,6-8,15-17H,1H2,(H2,11,12,13)/t3-,6+,7+,8+/m0/s1. The highest BCUT2D eigenvalue weighted by atomic mass is 32.1. The van der Waals surface area contributed by atoms with Crippen LogP contribution in [0.25, 0.3) is 10.2 Å². The van der Waals surface area contributed by atoms with Crippen LogP contribution in [-0.2, 0) is 4.74 Å². The molecule has 0 spiro atoms. The Labute approximate surface area is 111 Å². The van der Waals surface area contributed by atoms with Crippen LogP contribution in [0.5, 0.6) is 0 Å². The van der Waals surface area contributed by atoms with Gasteiger partial charge in [-0.1, -0.05) is 0 Å². The quantitative estimate of drug-likeness (QED) is 0.541. The van der Waals surface area contributed by atoms with Gasteiger partial charge in [0, 0.05) is 0 Å². The first kappa shape index (κ1) is 12.6. The number of nitrogens with zero attached hydrogens (tertiary/aromatic N) is 3. The van der Waals surface area contributed by atoms with Gasteiger partial charge in [0.05, 0.1) is 6.61 Å². The molecule has 3 heterocycles. The maximum Gasteiger partial charge on any atom is 0.146 e. The van der Waals surface area contributed by atoms with E-state index in [9.17, 15) is 10.2 Å². The van der Waals surface area contributed by atoms with Crippen LogP contribution in [-0.4, -0.2) is 54.6 Å². The van der Waals surface area contributed by atoms with Gasteiger partial charge in [-0.15, -0.1) is 0 Å². The molecule has 9 heteroatoms. The second-order valence-corrected chi connectivity index (χ2v) is 5.04. The Bertz CT molecular complexity index is 606. The van der Waals surface area contributed by atoms with Gasteiger partial charge < -0.3 is 25.8 Å². The van der Waals surface area contributed by atoms with E-state index in [4.69, 9.17) is 15.6 Å². The number of aliphatic hydroxyl groups is 3. The summed E-state index contributed by atoms with van der Waals surface area (Å²) in [7, 11) is 0. The number of aromatic nitrogens is 3. The number of hydrogen-bond acceptors (Lipinski definition) is 9. The van der Waals surface area contributed by atoms with E-state index < -0.39 is 24.4 Å². The molecule has 0 amide bonds. The molecule has 1 saturated heterocycles. The average Bonchev–Trinajstić information content (AvgIpc) is 2.94. The lowest BCUT2D eigenvalue weighted by atomic mass is 10.1. The zero-order valence-electron chi connectivity index (χ0n) is 9.67. The SMILES string of the molecule is Nc1ncnc2c([C@H]3O[C@@H](CO)[C@@H](O)[C@H]3O)nsc12. The Kier molecular flexibility index (Phi) is 3.07. The zero-order chi connectivity index (χ0) is 13.6. The number of rotatable bonds is 2. The summed E-state index contributed by atoms with van der Waals surface area (Å²) in [5.41, 5.74) is 6.60. The molecule has 5 N–H and O–H groups in total. The lowest BCUT2D eigenvalue weighted by molar-refractivity contribution is -0.0233. The fourth-order valence-corrected chi connectivity index (χ4v) is 2.88. The summed E-state index contributed by atoms with van der Waals surface area (Å²) >= 11 is 1.10. The summed E-state index contributed by atoms with van der Waals surface area (Å²) < 4.78 is 10.2. The van der Waals surface area contributed by atoms with Crippen LogP contribution in [0, 0.1) is 0 Å². The predicted octanol–water partition coefficient (Wildman–Crippen LogP) is -1.18. The summed E-state index contributed by atoms with van der Waals surface area (Å²) in [4.78, 5) is 7.94. The molecular formula is C10H12N4O4S. The van der Waals surface area contributed by atoms with Gasteiger partial charge in [0.1, 0.15) is 52.5 Å². The van der Waals surface area contributed by atoms with Crippen molar-refractivity contribution in [2.24, 2.45) is 0 Å². The van der Waals surface area contributed by atoms with Crippen LogP contribution in [0.2, 0.25) is 0 Å². The van der Waals surface area contributed by atoms with Crippen molar-refractivity contribution >= 4 is 27.6 Å². The summed E-state index contributed by atoms with van der Waals surface area (Å²) in [6.07, 6.45) is -2.70. The molecule has 102 valence electrons. The summed E-state index contributed by atoms with van der Waals surface area (Å²) in [5, 5.41) is 28.8. The monoisotopic (exact) mass is 284 g/mol. The Morgan fingerprint density at radius 1 is 1.32 bits per heavy atom. The number of nitrogen functional groups attached to an aromatic ring is 1. The molecule has 1 aliphatic heterocycles. The largest absolute Gasteiger partial charge is 0.394 e. The fraction of sp³-hybridized carbons (Fsp3) is 0.500. The third-order valence-corrected chi connectivity index (χ3v) is 3.99. The van der Waals surface area contributed by atoms with Crippen molar-refractivity contribution in [1.82, 2.24) is 14.3 Å². The minimum atomic E-state index is -1.17. The van der Waals surface area contributed by atoms with Crippen molar-refractivity contribution in [3.05, 3.63) is 12.0 Å².